The summed E-state index contributed by atoms with van der Waals surface area (Å²) in [4.78, 5) is 4.22. The van der Waals surface area contributed by atoms with E-state index in [1.54, 1.807) is 14.2 Å². The van der Waals surface area contributed by atoms with Gasteiger partial charge in [0.25, 0.3) is 0 Å². The summed E-state index contributed by atoms with van der Waals surface area (Å²) in [5.41, 5.74) is 2.29. The Bertz CT molecular complexity index is 487. The molecule has 0 radical (unpaired) electrons. The van der Waals surface area contributed by atoms with E-state index >= 15 is 0 Å². The first kappa shape index (κ1) is 19.3. The molecule has 0 amide bonds. The van der Waals surface area contributed by atoms with Gasteiger partial charge >= 0.3 is 0 Å². The van der Waals surface area contributed by atoms with Crippen LogP contribution in [0.25, 0.3) is 0 Å². The van der Waals surface area contributed by atoms with Crippen LogP contribution in [0.2, 0.25) is 0 Å². The van der Waals surface area contributed by atoms with Crippen LogP contribution in [0.15, 0.2) is 23.2 Å². The zero-order valence-corrected chi connectivity index (χ0v) is 15.1. The van der Waals surface area contributed by atoms with E-state index in [1.807, 2.05) is 6.07 Å². The Hall–Kier alpha value is -1.75. The van der Waals surface area contributed by atoms with E-state index in [-0.39, 0.29) is 0 Å². The maximum atomic E-state index is 5.59. The van der Waals surface area contributed by atoms with Crippen LogP contribution in [0.5, 0.6) is 5.75 Å². The number of hydrogen-bond acceptors (Lipinski definition) is 3. The molecule has 0 fully saturated rings. The summed E-state index contributed by atoms with van der Waals surface area (Å²) in [5.74, 6) is 2.34. The van der Waals surface area contributed by atoms with Gasteiger partial charge in [-0.2, -0.15) is 0 Å². The Labute approximate surface area is 140 Å². The number of guanidine groups is 1. The van der Waals surface area contributed by atoms with Crippen molar-refractivity contribution in [2.24, 2.45) is 10.9 Å². The molecule has 0 bridgehead atoms. The number of nitrogens with one attached hydrogen (secondary N) is 2. The van der Waals surface area contributed by atoms with Crippen molar-refractivity contribution >= 4 is 5.96 Å². The number of aliphatic imine (C=N–C) groups is 1. The van der Waals surface area contributed by atoms with Crippen LogP contribution < -0.4 is 15.4 Å². The maximum absolute atomic E-state index is 5.59. The van der Waals surface area contributed by atoms with Gasteiger partial charge in [0.05, 0.1) is 13.7 Å². The lowest BCUT2D eigenvalue weighted by Crippen LogP contribution is -2.38. The summed E-state index contributed by atoms with van der Waals surface area (Å²) < 4.78 is 11.0. The van der Waals surface area contributed by atoms with E-state index in [2.05, 4.69) is 48.5 Å². The molecule has 23 heavy (non-hydrogen) atoms. The van der Waals surface area contributed by atoms with Gasteiger partial charge in [-0.15, -0.1) is 0 Å². The molecule has 5 nitrogen and oxygen atoms in total. The number of hydrogen-bond donors (Lipinski definition) is 2. The fraction of sp³-hybridized carbons (Fsp3) is 0.611. The molecule has 0 saturated heterocycles. The number of rotatable bonds is 9. The number of nitrogens with zero attached hydrogens (tertiary/aromatic N) is 1. The van der Waals surface area contributed by atoms with Gasteiger partial charge < -0.3 is 20.1 Å². The third kappa shape index (κ3) is 7.88. The highest BCUT2D eigenvalue weighted by atomic mass is 16.5. The first-order chi connectivity index (χ1) is 11.1. The summed E-state index contributed by atoms with van der Waals surface area (Å²) >= 11 is 0. The monoisotopic (exact) mass is 321 g/mol. The molecular formula is C18H31N3O2. The predicted molar refractivity (Wildman–Crippen MR) is 96.2 cm³/mol. The van der Waals surface area contributed by atoms with Crippen molar-refractivity contribution in [2.45, 2.75) is 33.7 Å². The van der Waals surface area contributed by atoms with E-state index in [4.69, 9.17) is 9.47 Å². The highest BCUT2D eigenvalue weighted by molar-refractivity contribution is 5.79. The fourth-order valence-corrected chi connectivity index (χ4v) is 2.06. The number of ether oxygens (including phenoxy) is 2. The van der Waals surface area contributed by atoms with Gasteiger partial charge in [0.2, 0.25) is 0 Å². The van der Waals surface area contributed by atoms with Crippen LogP contribution in [0.3, 0.4) is 0 Å². The van der Waals surface area contributed by atoms with Crippen molar-refractivity contribution < 1.29 is 9.47 Å². The minimum atomic E-state index is 0.664. The van der Waals surface area contributed by atoms with Crippen LogP contribution in [0.1, 0.15) is 31.4 Å². The summed E-state index contributed by atoms with van der Waals surface area (Å²) in [6.07, 6.45) is 1.10. The third-order valence-corrected chi connectivity index (χ3v) is 3.49. The highest BCUT2D eigenvalue weighted by Gasteiger charge is 2.04. The highest BCUT2D eigenvalue weighted by Crippen LogP contribution is 2.19. The van der Waals surface area contributed by atoms with Gasteiger partial charge in [-0.05, 0) is 30.9 Å². The zero-order valence-electron chi connectivity index (χ0n) is 15.1. The van der Waals surface area contributed by atoms with Crippen molar-refractivity contribution in [2.75, 3.05) is 33.9 Å². The van der Waals surface area contributed by atoms with Crippen LogP contribution >= 0.6 is 0 Å². The van der Waals surface area contributed by atoms with E-state index in [0.717, 1.165) is 36.8 Å². The smallest absolute Gasteiger partial charge is 0.191 e. The molecule has 5 heteroatoms. The number of aryl methyl sites for hydroxylation is 1. The lowest BCUT2D eigenvalue weighted by atomic mass is 10.1. The molecular weight excluding hydrogens is 290 g/mol. The molecule has 0 spiro atoms. The van der Waals surface area contributed by atoms with Crippen molar-refractivity contribution in [3.8, 4) is 5.75 Å². The van der Waals surface area contributed by atoms with Crippen molar-refractivity contribution in [1.82, 2.24) is 10.6 Å². The summed E-state index contributed by atoms with van der Waals surface area (Å²) in [5, 5.41) is 6.54. The molecule has 1 rings (SSSR count). The molecule has 0 saturated carbocycles. The summed E-state index contributed by atoms with van der Waals surface area (Å²) in [7, 11) is 3.46. The van der Waals surface area contributed by atoms with Crippen LogP contribution in [0.4, 0.5) is 0 Å². The molecule has 0 atom stereocenters. The number of methoxy groups -OCH3 is 1. The lowest BCUT2D eigenvalue weighted by Gasteiger charge is -2.14. The second kappa shape index (κ2) is 10.9. The van der Waals surface area contributed by atoms with E-state index in [0.29, 0.717) is 19.1 Å². The van der Waals surface area contributed by atoms with Crippen molar-refractivity contribution in [3.05, 3.63) is 29.3 Å². The third-order valence-electron chi connectivity index (χ3n) is 3.49. The van der Waals surface area contributed by atoms with E-state index < -0.39 is 0 Å². The second-order valence-corrected chi connectivity index (χ2v) is 5.96. The average molecular weight is 321 g/mol. The van der Waals surface area contributed by atoms with Crippen molar-refractivity contribution in [3.63, 3.8) is 0 Å². The van der Waals surface area contributed by atoms with Crippen LogP contribution in [-0.2, 0) is 11.3 Å². The molecule has 0 aliphatic carbocycles. The quantitative estimate of drug-likeness (QED) is 0.417. The SMILES string of the molecule is CN=C(NCCOCCC(C)C)NCc1ccc(C)cc1OC. The standard InChI is InChI=1S/C18H31N3O2/c1-14(2)8-10-23-11-9-20-18(19-4)21-13-16-7-6-15(3)12-17(16)22-5/h6-7,12,14H,8-11,13H2,1-5H3,(H2,19,20,21). The summed E-state index contributed by atoms with van der Waals surface area (Å²) in [6.45, 7) is 9.35. The molecule has 130 valence electrons. The topological polar surface area (TPSA) is 54.9 Å². The normalized spacial score (nSPS) is 11.7. The Morgan fingerprint density at radius 3 is 2.65 bits per heavy atom. The first-order valence-electron chi connectivity index (χ1n) is 8.22. The van der Waals surface area contributed by atoms with Crippen LogP contribution in [-0.4, -0.2) is 39.9 Å². The van der Waals surface area contributed by atoms with Crippen LogP contribution in [0, 0.1) is 12.8 Å². The van der Waals surface area contributed by atoms with Gasteiger partial charge in [-0.1, -0.05) is 26.0 Å². The molecule has 0 aliphatic rings. The second-order valence-electron chi connectivity index (χ2n) is 5.96. The molecule has 1 aromatic carbocycles. The molecule has 1 aromatic rings. The Kier molecular flexibility index (Phi) is 9.14. The van der Waals surface area contributed by atoms with Gasteiger partial charge in [-0.3, -0.25) is 4.99 Å². The van der Waals surface area contributed by atoms with Gasteiger partial charge in [-0.25, -0.2) is 0 Å². The Morgan fingerprint density at radius 2 is 2.00 bits per heavy atom. The summed E-state index contributed by atoms with van der Waals surface area (Å²) in [6, 6.07) is 6.19. The lowest BCUT2D eigenvalue weighted by molar-refractivity contribution is 0.128. The minimum Gasteiger partial charge on any atom is -0.496 e. The molecule has 0 aromatic heterocycles. The first-order valence-corrected chi connectivity index (χ1v) is 8.22. The van der Waals surface area contributed by atoms with Gasteiger partial charge in [0.1, 0.15) is 5.75 Å². The molecule has 0 aliphatic heterocycles. The number of benzene rings is 1. The van der Waals surface area contributed by atoms with Crippen molar-refractivity contribution in [1.29, 1.82) is 0 Å². The zero-order chi connectivity index (χ0) is 17.1. The van der Waals surface area contributed by atoms with E-state index in [9.17, 15) is 0 Å². The largest absolute Gasteiger partial charge is 0.496 e. The van der Waals surface area contributed by atoms with Gasteiger partial charge in [0, 0.05) is 32.3 Å². The Morgan fingerprint density at radius 1 is 1.22 bits per heavy atom. The molecule has 0 heterocycles. The Balaban J connectivity index is 2.32. The predicted octanol–water partition coefficient (Wildman–Crippen LogP) is 2.73. The van der Waals surface area contributed by atoms with E-state index in [1.165, 1.54) is 5.56 Å². The molecule has 2 N–H and O–H groups in total. The van der Waals surface area contributed by atoms with Gasteiger partial charge in [0.15, 0.2) is 5.96 Å². The maximum Gasteiger partial charge on any atom is 0.191 e. The molecule has 0 unspecified atom stereocenters. The average Bonchev–Trinajstić information content (AvgIpc) is 2.54. The fourth-order valence-electron chi connectivity index (χ4n) is 2.06. The minimum absolute atomic E-state index is 0.664.